The third-order valence-electron chi connectivity index (χ3n) is 11.8. The molecule has 0 spiro atoms. The van der Waals surface area contributed by atoms with E-state index in [0.717, 1.165) is 83.5 Å². The van der Waals surface area contributed by atoms with Crippen molar-refractivity contribution in [3.8, 4) is 0 Å². The highest BCUT2D eigenvalue weighted by molar-refractivity contribution is 5.77. The summed E-state index contributed by atoms with van der Waals surface area (Å²) >= 11 is 0. The SMILES string of the molecule is CC/C=C/C=C/C=C\C=C/C=C/CCCCCC(=O)OC(CCCCC/C=C/C=C/C=C/CCCCCCC)CC(=O)NC(CO)C(O)CCCCCCCCCCCCCCCCC. The summed E-state index contributed by atoms with van der Waals surface area (Å²) in [4.78, 5) is 26.2. The van der Waals surface area contributed by atoms with Crippen molar-refractivity contribution < 1.29 is 24.5 Å². The first-order valence-corrected chi connectivity index (χ1v) is 27.1. The minimum atomic E-state index is -0.811. The number of carbonyl (C=O) groups excluding carboxylic acids is 2. The smallest absolute Gasteiger partial charge is 0.306 e. The molecule has 0 aliphatic rings. The Bertz CT molecular complexity index is 1290. The van der Waals surface area contributed by atoms with Gasteiger partial charge in [-0.1, -0.05) is 253 Å². The number of rotatable bonds is 47. The third-order valence-corrected chi connectivity index (χ3v) is 11.8. The fraction of sp³-hybridized carbons (Fsp3) is 0.695. The summed E-state index contributed by atoms with van der Waals surface area (Å²) in [7, 11) is 0. The van der Waals surface area contributed by atoms with Gasteiger partial charge in [0.05, 0.1) is 25.2 Å². The summed E-state index contributed by atoms with van der Waals surface area (Å²) in [6.45, 7) is 6.31. The Balaban J connectivity index is 4.73. The molecule has 372 valence electrons. The third kappa shape index (κ3) is 47.1. The van der Waals surface area contributed by atoms with Crippen molar-refractivity contribution in [3.05, 3.63) is 97.2 Å². The number of amides is 1. The van der Waals surface area contributed by atoms with Crippen molar-refractivity contribution in [3.63, 3.8) is 0 Å². The van der Waals surface area contributed by atoms with Gasteiger partial charge in [0.25, 0.3) is 0 Å². The Hall–Kier alpha value is -3.22. The molecule has 0 aliphatic carbocycles. The molecule has 0 aromatic rings. The average Bonchev–Trinajstić information content (AvgIpc) is 3.30. The summed E-state index contributed by atoms with van der Waals surface area (Å²) in [6, 6.07) is -0.728. The maximum Gasteiger partial charge on any atom is 0.306 e. The summed E-state index contributed by atoms with van der Waals surface area (Å²) in [6.07, 6.45) is 68.9. The minimum Gasteiger partial charge on any atom is -0.462 e. The van der Waals surface area contributed by atoms with E-state index in [1.165, 1.54) is 109 Å². The van der Waals surface area contributed by atoms with Gasteiger partial charge in [-0.3, -0.25) is 9.59 Å². The normalized spacial score (nSPS) is 14.0. The molecule has 0 aliphatic heterocycles. The van der Waals surface area contributed by atoms with E-state index >= 15 is 0 Å². The van der Waals surface area contributed by atoms with E-state index in [2.05, 4.69) is 80.8 Å². The summed E-state index contributed by atoms with van der Waals surface area (Å²) in [5, 5.41) is 23.8. The summed E-state index contributed by atoms with van der Waals surface area (Å²) in [5.41, 5.74) is 0. The largest absolute Gasteiger partial charge is 0.462 e. The van der Waals surface area contributed by atoms with Crippen molar-refractivity contribution in [2.75, 3.05) is 6.61 Å². The molecule has 0 radical (unpaired) electrons. The fourth-order valence-electron chi connectivity index (χ4n) is 7.75. The summed E-state index contributed by atoms with van der Waals surface area (Å²) in [5.74, 6) is -0.561. The number of hydrogen-bond acceptors (Lipinski definition) is 5. The lowest BCUT2D eigenvalue weighted by Crippen LogP contribution is -2.46. The van der Waals surface area contributed by atoms with E-state index in [-0.39, 0.29) is 24.9 Å². The molecule has 3 N–H and O–H groups in total. The molecule has 0 fully saturated rings. The summed E-state index contributed by atoms with van der Waals surface area (Å²) < 4.78 is 5.91. The average molecular weight is 904 g/mol. The van der Waals surface area contributed by atoms with Gasteiger partial charge in [-0.25, -0.2) is 0 Å². The van der Waals surface area contributed by atoms with E-state index in [1.807, 2.05) is 42.5 Å². The van der Waals surface area contributed by atoms with Crippen molar-refractivity contribution in [2.24, 2.45) is 0 Å². The number of aliphatic hydroxyl groups excluding tert-OH is 2. The Morgan fingerprint density at radius 1 is 0.462 bits per heavy atom. The number of ether oxygens (including phenoxy) is 1. The predicted octanol–water partition coefficient (Wildman–Crippen LogP) is 16.5. The van der Waals surface area contributed by atoms with Crippen LogP contribution in [0.4, 0.5) is 0 Å². The minimum absolute atomic E-state index is 0.0323. The van der Waals surface area contributed by atoms with E-state index in [1.54, 1.807) is 0 Å². The number of hydrogen-bond donors (Lipinski definition) is 3. The first-order chi connectivity index (χ1) is 32.0. The van der Waals surface area contributed by atoms with Gasteiger partial charge in [-0.2, -0.15) is 0 Å². The fourth-order valence-corrected chi connectivity index (χ4v) is 7.75. The van der Waals surface area contributed by atoms with Crippen molar-refractivity contribution in [1.82, 2.24) is 5.32 Å². The van der Waals surface area contributed by atoms with Gasteiger partial charge in [0.1, 0.15) is 6.10 Å². The van der Waals surface area contributed by atoms with Gasteiger partial charge in [0.15, 0.2) is 0 Å². The Labute approximate surface area is 401 Å². The Morgan fingerprint density at radius 2 is 0.831 bits per heavy atom. The molecule has 0 bridgehead atoms. The van der Waals surface area contributed by atoms with E-state index < -0.39 is 18.2 Å². The van der Waals surface area contributed by atoms with Crippen molar-refractivity contribution >= 4 is 11.9 Å². The molecule has 0 saturated heterocycles. The molecule has 3 atom stereocenters. The number of nitrogens with one attached hydrogen (secondary N) is 1. The molecule has 0 aromatic heterocycles. The van der Waals surface area contributed by atoms with Gasteiger partial charge in [-0.15, -0.1) is 0 Å². The second kappa shape index (κ2) is 51.8. The van der Waals surface area contributed by atoms with Crippen LogP contribution in [0.2, 0.25) is 0 Å². The Morgan fingerprint density at radius 3 is 1.28 bits per heavy atom. The van der Waals surface area contributed by atoms with E-state index in [0.29, 0.717) is 19.3 Å². The zero-order valence-electron chi connectivity index (χ0n) is 42.3. The lowest BCUT2D eigenvalue weighted by Gasteiger charge is -2.24. The van der Waals surface area contributed by atoms with E-state index in [4.69, 9.17) is 4.74 Å². The molecule has 0 aromatic carbocycles. The van der Waals surface area contributed by atoms with Gasteiger partial charge in [-0.05, 0) is 70.6 Å². The Kier molecular flexibility index (Phi) is 49.2. The number of unbranched alkanes of at least 4 members (excludes halogenated alkanes) is 25. The number of esters is 1. The van der Waals surface area contributed by atoms with Crippen LogP contribution in [0, 0.1) is 0 Å². The highest BCUT2D eigenvalue weighted by Crippen LogP contribution is 2.17. The molecular formula is C59H101NO5. The molecule has 65 heavy (non-hydrogen) atoms. The van der Waals surface area contributed by atoms with Crippen LogP contribution in [0.15, 0.2) is 97.2 Å². The van der Waals surface area contributed by atoms with E-state index in [9.17, 15) is 19.8 Å². The van der Waals surface area contributed by atoms with Crippen LogP contribution < -0.4 is 5.32 Å². The lowest BCUT2D eigenvalue weighted by molar-refractivity contribution is -0.151. The van der Waals surface area contributed by atoms with Gasteiger partial charge < -0.3 is 20.3 Å². The number of carbonyl (C=O) groups is 2. The monoisotopic (exact) mass is 904 g/mol. The van der Waals surface area contributed by atoms with Crippen LogP contribution in [-0.2, 0) is 14.3 Å². The maximum absolute atomic E-state index is 13.2. The molecule has 6 heteroatoms. The predicted molar refractivity (Wildman–Crippen MR) is 282 cm³/mol. The topological polar surface area (TPSA) is 95.9 Å². The molecule has 0 heterocycles. The standard InChI is InChI=1S/C59H101NO5/c1-4-7-10-13-16-19-22-25-28-31-32-35-38-41-44-47-50-55(65-59(64)52-49-46-43-40-37-34-30-27-24-21-18-15-12-9-6-3)53-58(63)60-56(54-61)57(62)51-48-45-42-39-36-33-29-26-23-20-17-14-11-8-5-2/h9,12,15,18,21-22,24-25,27-28,30-32,34-35,37,55-57,61-62H,4-8,10-11,13-14,16-17,19-20,23,26,29,33,36,38-54H2,1-3H3,(H,60,63)/b12-9+,18-15+,24-21-,25-22+,30-27-,31-28+,35-32+,37-34+. The van der Waals surface area contributed by atoms with Crippen LogP contribution in [0.1, 0.15) is 239 Å². The highest BCUT2D eigenvalue weighted by atomic mass is 16.5. The first-order valence-electron chi connectivity index (χ1n) is 27.1. The molecule has 1 amide bonds. The van der Waals surface area contributed by atoms with Gasteiger partial charge >= 0.3 is 5.97 Å². The van der Waals surface area contributed by atoms with Crippen LogP contribution in [-0.4, -0.2) is 46.9 Å². The van der Waals surface area contributed by atoms with Crippen molar-refractivity contribution in [2.45, 2.75) is 257 Å². The van der Waals surface area contributed by atoms with Crippen molar-refractivity contribution in [1.29, 1.82) is 0 Å². The zero-order chi connectivity index (χ0) is 47.4. The molecule has 0 rings (SSSR count). The molecule has 0 saturated carbocycles. The molecule has 3 unspecified atom stereocenters. The second-order valence-electron chi connectivity index (χ2n) is 18.1. The van der Waals surface area contributed by atoms with Crippen LogP contribution in [0.5, 0.6) is 0 Å². The van der Waals surface area contributed by atoms with Gasteiger partial charge in [0.2, 0.25) is 5.91 Å². The quantitative estimate of drug-likeness (QED) is 0.0321. The van der Waals surface area contributed by atoms with Crippen LogP contribution >= 0.6 is 0 Å². The second-order valence-corrected chi connectivity index (χ2v) is 18.1. The zero-order valence-corrected chi connectivity index (χ0v) is 42.3. The number of aliphatic hydroxyl groups is 2. The van der Waals surface area contributed by atoms with Gasteiger partial charge in [0, 0.05) is 6.42 Å². The molecule has 6 nitrogen and oxygen atoms in total. The first kappa shape index (κ1) is 61.8. The molecular weight excluding hydrogens is 803 g/mol. The number of allylic oxidation sites excluding steroid dienone is 16. The van der Waals surface area contributed by atoms with Crippen LogP contribution in [0.25, 0.3) is 0 Å². The maximum atomic E-state index is 13.2. The highest BCUT2D eigenvalue weighted by Gasteiger charge is 2.24. The lowest BCUT2D eigenvalue weighted by atomic mass is 10.0. The van der Waals surface area contributed by atoms with Crippen LogP contribution in [0.3, 0.4) is 0 Å².